The Balaban J connectivity index is 2.46. The Morgan fingerprint density at radius 1 is 1.39 bits per heavy atom. The topological polar surface area (TPSA) is 49.9 Å². The number of nitrogens with zero attached hydrogens (tertiary/aromatic N) is 2. The minimum atomic E-state index is -0.250. The zero-order valence-corrected chi connectivity index (χ0v) is 11.4. The molecule has 0 saturated carbocycles. The van der Waals surface area contributed by atoms with E-state index >= 15 is 0 Å². The second kappa shape index (κ2) is 6.00. The Bertz CT molecular complexity index is 335. The van der Waals surface area contributed by atoms with Crippen molar-refractivity contribution < 1.29 is 14.3 Å². The fourth-order valence-corrected chi connectivity index (χ4v) is 2.11. The van der Waals surface area contributed by atoms with Gasteiger partial charge in [-0.1, -0.05) is 6.58 Å². The van der Waals surface area contributed by atoms with Crippen LogP contribution in [-0.2, 0) is 14.3 Å². The summed E-state index contributed by atoms with van der Waals surface area (Å²) in [5.74, 6) is -0.343. The van der Waals surface area contributed by atoms with Gasteiger partial charge in [-0.05, 0) is 25.8 Å². The van der Waals surface area contributed by atoms with Crippen molar-refractivity contribution in [2.24, 2.45) is 0 Å². The van der Waals surface area contributed by atoms with Gasteiger partial charge < -0.3 is 14.5 Å². The number of hydrogen-bond acceptors (Lipinski definition) is 3. The van der Waals surface area contributed by atoms with Gasteiger partial charge in [0.2, 0.25) is 11.8 Å². The average molecular weight is 254 g/mol. The molecule has 1 unspecified atom stereocenters. The summed E-state index contributed by atoms with van der Waals surface area (Å²) in [7, 11) is 3.32. The summed E-state index contributed by atoms with van der Waals surface area (Å²) < 4.78 is 5.64. The summed E-state index contributed by atoms with van der Waals surface area (Å²) in [6.45, 7) is 6.79. The van der Waals surface area contributed by atoms with Gasteiger partial charge in [0.05, 0.1) is 12.1 Å². The van der Waals surface area contributed by atoms with E-state index in [1.54, 1.807) is 19.0 Å². The molecule has 102 valence electrons. The third kappa shape index (κ3) is 3.84. The number of likely N-dealkylation sites (N-methyl/N-ethyl adjacent to an activating group) is 2. The van der Waals surface area contributed by atoms with Crippen molar-refractivity contribution in [1.82, 2.24) is 9.80 Å². The minimum absolute atomic E-state index is 0.0669. The van der Waals surface area contributed by atoms with E-state index in [1.165, 1.54) is 11.0 Å². The van der Waals surface area contributed by atoms with E-state index in [-0.39, 0.29) is 24.0 Å². The molecule has 0 N–H and O–H groups in total. The highest BCUT2D eigenvalue weighted by Gasteiger charge is 2.32. The summed E-state index contributed by atoms with van der Waals surface area (Å²) >= 11 is 0. The SMILES string of the molecule is C=CC(=O)N(C)CC(=O)N(C)CC1(C)CCCO1. The summed E-state index contributed by atoms with van der Waals surface area (Å²) in [6.07, 6.45) is 3.20. The lowest BCUT2D eigenvalue weighted by molar-refractivity contribution is -0.138. The van der Waals surface area contributed by atoms with Crippen LogP contribution in [0.2, 0.25) is 0 Å². The summed E-state index contributed by atoms with van der Waals surface area (Å²) in [6, 6.07) is 0. The van der Waals surface area contributed by atoms with Crippen molar-refractivity contribution >= 4 is 11.8 Å². The van der Waals surface area contributed by atoms with Gasteiger partial charge in [-0.15, -0.1) is 0 Å². The number of hydrogen-bond donors (Lipinski definition) is 0. The molecule has 0 aromatic heterocycles. The summed E-state index contributed by atoms with van der Waals surface area (Å²) in [5, 5.41) is 0. The van der Waals surface area contributed by atoms with Gasteiger partial charge in [-0.3, -0.25) is 9.59 Å². The van der Waals surface area contributed by atoms with Crippen LogP contribution in [0.1, 0.15) is 19.8 Å². The standard InChI is InChI=1S/C13H22N2O3/c1-5-11(16)14(3)9-12(17)15(4)10-13(2)7-6-8-18-13/h5H,1,6-10H2,2-4H3. The average Bonchev–Trinajstić information content (AvgIpc) is 2.74. The van der Waals surface area contributed by atoms with Crippen molar-refractivity contribution in [3.63, 3.8) is 0 Å². The van der Waals surface area contributed by atoms with Gasteiger partial charge in [0, 0.05) is 27.2 Å². The Hall–Kier alpha value is -1.36. The van der Waals surface area contributed by atoms with Crippen LogP contribution in [0.25, 0.3) is 0 Å². The number of ether oxygens (including phenoxy) is 1. The van der Waals surface area contributed by atoms with E-state index in [1.807, 2.05) is 6.92 Å². The molecule has 1 rings (SSSR count). The first-order chi connectivity index (χ1) is 8.38. The van der Waals surface area contributed by atoms with Crippen molar-refractivity contribution in [3.05, 3.63) is 12.7 Å². The van der Waals surface area contributed by atoms with Crippen LogP contribution < -0.4 is 0 Å². The van der Waals surface area contributed by atoms with E-state index < -0.39 is 0 Å². The lowest BCUT2D eigenvalue weighted by atomic mass is 10.0. The van der Waals surface area contributed by atoms with E-state index in [9.17, 15) is 9.59 Å². The highest BCUT2D eigenvalue weighted by molar-refractivity contribution is 5.90. The predicted molar refractivity (Wildman–Crippen MR) is 69.1 cm³/mol. The van der Waals surface area contributed by atoms with Crippen LogP contribution >= 0.6 is 0 Å². The zero-order valence-electron chi connectivity index (χ0n) is 11.4. The second-order valence-corrected chi connectivity index (χ2v) is 5.05. The smallest absolute Gasteiger partial charge is 0.246 e. The van der Waals surface area contributed by atoms with Gasteiger partial charge in [0.25, 0.3) is 0 Å². The van der Waals surface area contributed by atoms with Gasteiger partial charge in [-0.25, -0.2) is 0 Å². The third-order valence-electron chi connectivity index (χ3n) is 3.22. The number of amides is 2. The molecule has 1 aliphatic heterocycles. The predicted octanol–water partition coefficient (Wildman–Crippen LogP) is 0.658. The second-order valence-electron chi connectivity index (χ2n) is 5.05. The molecule has 1 heterocycles. The Kier molecular flexibility index (Phi) is 4.90. The quantitative estimate of drug-likeness (QED) is 0.677. The van der Waals surface area contributed by atoms with Crippen LogP contribution in [0, 0.1) is 0 Å². The fourth-order valence-electron chi connectivity index (χ4n) is 2.11. The number of carbonyl (C=O) groups is 2. The van der Waals surface area contributed by atoms with E-state index in [0.29, 0.717) is 6.54 Å². The van der Waals surface area contributed by atoms with E-state index in [2.05, 4.69) is 6.58 Å². The first kappa shape index (κ1) is 14.7. The molecule has 5 heteroatoms. The van der Waals surface area contributed by atoms with Crippen LogP contribution in [0.4, 0.5) is 0 Å². The first-order valence-electron chi connectivity index (χ1n) is 6.13. The molecule has 5 nitrogen and oxygen atoms in total. The van der Waals surface area contributed by atoms with Crippen LogP contribution in [0.3, 0.4) is 0 Å². The maximum absolute atomic E-state index is 11.9. The zero-order chi connectivity index (χ0) is 13.8. The Morgan fingerprint density at radius 3 is 2.56 bits per heavy atom. The van der Waals surface area contributed by atoms with Gasteiger partial charge in [0.1, 0.15) is 0 Å². The normalized spacial score (nSPS) is 22.6. The highest BCUT2D eigenvalue weighted by Crippen LogP contribution is 2.25. The van der Waals surface area contributed by atoms with Crippen molar-refractivity contribution in [2.45, 2.75) is 25.4 Å². The Labute approximate surface area is 108 Å². The molecule has 1 aliphatic rings. The summed E-state index contributed by atoms with van der Waals surface area (Å²) in [5.41, 5.74) is -0.245. The van der Waals surface area contributed by atoms with Gasteiger partial charge in [0.15, 0.2) is 0 Å². The van der Waals surface area contributed by atoms with Crippen molar-refractivity contribution in [2.75, 3.05) is 33.8 Å². The molecule has 1 atom stereocenters. The highest BCUT2D eigenvalue weighted by atomic mass is 16.5. The van der Waals surface area contributed by atoms with Crippen molar-refractivity contribution in [3.8, 4) is 0 Å². The third-order valence-corrected chi connectivity index (χ3v) is 3.22. The number of carbonyl (C=O) groups excluding carboxylic acids is 2. The molecule has 0 bridgehead atoms. The largest absolute Gasteiger partial charge is 0.373 e. The van der Waals surface area contributed by atoms with Crippen LogP contribution in [-0.4, -0.2) is 61.0 Å². The van der Waals surface area contributed by atoms with Gasteiger partial charge >= 0.3 is 0 Å². The molecule has 0 aromatic carbocycles. The summed E-state index contributed by atoms with van der Waals surface area (Å²) in [4.78, 5) is 26.2. The van der Waals surface area contributed by atoms with Gasteiger partial charge in [-0.2, -0.15) is 0 Å². The van der Waals surface area contributed by atoms with Crippen LogP contribution in [0.5, 0.6) is 0 Å². The monoisotopic (exact) mass is 254 g/mol. The molecular weight excluding hydrogens is 232 g/mol. The lowest BCUT2D eigenvalue weighted by Gasteiger charge is -2.30. The maximum Gasteiger partial charge on any atom is 0.246 e. The first-order valence-corrected chi connectivity index (χ1v) is 6.13. The molecule has 0 aliphatic carbocycles. The van der Waals surface area contributed by atoms with E-state index in [0.717, 1.165) is 19.4 Å². The number of rotatable bonds is 5. The molecule has 1 fully saturated rings. The van der Waals surface area contributed by atoms with Crippen molar-refractivity contribution in [1.29, 1.82) is 0 Å². The molecule has 0 spiro atoms. The van der Waals surface area contributed by atoms with E-state index in [4.69, 9.17) is 4.74 Å². The molecule has 2 amide bonds. The maximum atomic E-state index is 11.9. The fraction of sp³-hybridized carbons (Fsp3) is 0.692. The minimum Gasteiger partial charge on any atom is -0.373 e. The molecule has 0 aromatic rings. The Morgan fingerprint density at radius 2 is 2.06 bits per heavy atom. The molecule has 1 saturated heterocycles. The molecule has 18 heavy (non-hydrogen) atoms. The van der Waals surface area contributed by atoms with Crippen LogP contribution in [0.15, 0.2) is 12.7 Å². The molecule has 0 radical (unpaired) electrons. The lowest BCUT2D eigenvalue weighted by Crippen LogP contribution is -2.45. The molecular formula is C13H22N2O3.